The Labute approximate surface area is 398 Å². The highest BCUT2D eigenvalue weighted by atomic mass is 35.5. The van der Waals surface area contributed by atoms with E-state index >= 15 is 0 Å². The Morgan fingerprint density at radius 1 is 0.621 bits per heavy atom. The third kappa shape index (κ3) is 11.8. The first kappa shape index (κ1) is 48.3. The quantitative estimate of drug-likeness (QED) is 0.0905. The van der Waals surface area contributed by atoms with Crippen molar-refractivity contribution in [2.24, 2.45) is 0 Å². The van der Waals surface area contributed by atoms with Crippen molar-refractivity contribution in [3.63, 3.8) is 0 Å². The molecule has 2 fully saturated rings. The van der Waals surface area contributed by atoms with Gasteiger partial charge < -0.3 is 24.9 Å². The van der Waals surface area contributed by atoms with Gasteiger partial charge in [0.25, 0.3) is 43.5 Å². The summed E-state index contributed by atoms with van der Waals surface area (Å²) in [6, 6.07) is 29.0. The molecule has 0 aliphatic carbocycles. The van der Waals surface area contributed by atoms with Crippen LogP contribution in [0.5, 0.6) is 0 Å². The number of hydrogen-bond donors (Lipinski definition) is 2. The van der Waals surface area contributed by atoms with Gasteiger partial charge in [-0.1, -0.05) is 23.2 Å². The minimum atomic E-state index is -3.68. The zero-order valence-electron chi connectivity index (χ0n) is 34.7. The average molecular weight is 1020 g/mol. The number of hydrogen-bond acceptors (Lipinski definition) is 13. The van der Waals surface area contributed by atoms with Crippen LogP contribution in [0.1, 0.15) is 41.0 Å². The van der Waals surface area contributed by atoms with E-state index in [0.717, 1.165) is 38.1 Å². The fourth-order valence-corrected chi connectivity index (χ4v) is 12.8. The summed E-state index contributed by atoms with van der Waals surface area (Å²) in [5.74, 6) is -0.541. The molecule has 0 bridgehead atoms. The molecule has 5 heterocycles. The van der Waals surface area contributed by atoms with Crippen LogP contribution in [0, 0.1) is 10.1 Å². The smallest absolute Gasteiger partial charge is 0.289 e. The Hall–Kier alpha value is -5.65. The number of benzene rings is 3. The summed E-state index contributed by atoms with van der Waals surface area (Å²) in [6.45, 7) is 2.98. The van der Waals surface area contributed by atoms with E-state index in [0.29, 0.717) is 47.4 Å². The molecule has 6 aromatic rings. The molecule has 0 saturated carbocycles. The number of nitro benzene ring substituents is 1. The molecule has 2 saturated heterocycles. The number of carbonyl (C=O) groups excluding carboxylic acids is 3. The lowest BCUT2D eigenvalue weighted by molar-refractivity contribution is -0.384. The molecule has 23 heteroatoms. The van der Waals surface area contributed by atoms with Crippen molar-refractivity contribution in [3.05, 3.63) is 162 Å². The van der Waals surface area contributed by atoms with Gasteiger partial charge >= 0.3 is 0 Å². The summed E-state index contributed by atoms with van der Waals surface area (Å²) in [7, 11) is -7.33. The van der Waals surface area contributed by atoms with Gasteiger partial charge in [-0.15, -0.1) is 22.7 Å². The molecular weight excluding hydrogens is 974 g/mol. The Bertz CT molecular complexity index is 2880. The first-order chi connectivity index (χ1) is 31.6. The van der Waals surface area contributed by atoms with Crippen molar-refractivity contribution in [1.82, 2.24) is 24.1 Å². The summed E-state index contributed by atoms with van der Waals surface area (Å²) >= 11 is 13.9. The zero-order chi connectivity index (χ0) is 47.0. The SMILES string of the molecule is O=C(NCc1ccc(S(=O)(=O)N2CCN(C(=O)c3ccco3)CC2)s1)c1ccc(Cl)cc1.O=C(NCc1ccc(S(=O)(=O)N2CCN(c3ccc([N+](=O)[O-])cc3)CC2)s1)c1ccc(Cl)cc1. The third-order valence-electron chi connectivity index (χ3n) is 10.4. The fourth-order valence-electron chi connectivity index (χ4n) is 6.84. The van der Waals surface area contributed by atoms with Crippen LogP contribution >= 0.6 is 45.9 Å². The maximum Gasteiger partial charge on any atom is 0.289 e. The summed E-state index contributed by atoms with van der Waals surface area (Å²) in [5, 5.41) is 17.5. The normalized spacial score (nSPS) is 14.8. The second kappa shape index (κ2) is 21.3. The molecule has 3 aromatic carbocycles. The molecule has 2 aliphatic heterocycles. The number of carbonyl (C=O) groups is 3. The maximum absolute atomic E-state index is 13.1. The predicted octanol–water partition coefficient (Wildman–Crippen LogP) is 6.82. The molecule has 2 aliphatic rings. The molecule has 3 amide bonds. The average Bonchev–Trinajstić information content (AvgIpc) is 4.15. The number of non-ortho nitro benzene ring substituents is 1. The second-order valence-electron chi connectivity index (χ2n) is 14.7. The molecule has 3 aromatic heterocycles. The fraction of sp³-hybridized carbons (Fsp3) is 0.233. The number of furan rings is 1. The van der Waals surface area contributed by atoms with Gasteiger partial charge in [-0.05, 0) is 97.1 Å². The monoisotopic (exact) mass is 1010 g/mol. The molecule has 0 radical (unpaired) electrons. The molecule has 0 spiro atoms. The van der Waals surface area contributed by atoms with Crippen LogP contribution in [0.2, 0.25) is 10.0 Å². The highest BCUT2D eigenvalue weighted by Crippen LogP contribution is 2.29. The van der Waals surface area contributed by atoms with E-state index in [2.05, 4.69) is 10.6 Å². The molecule has 66 heavy (non-hydrogen) atoms. The van der Waals surface area contributed by atoms with E-state index in [1.165, 1.54) is 27.0 Å². The van der Waals surface area contributed by atoms with Crippen LogP contribution in [-0.4, -0.2) is 105 Å². The van der Waals surface area contributed by atoms with E-state index in [4.69, 9.17) is 27.6 Å². The molecular formula is C43H41Cl2N7O10S4. The van der Waals surface area contributed by atoms with Gasteiger partial charge in [0.2, 0.25) is 0 Å². The topological polar surface area (TPSA) is 213 Å². The van der Waals surface area contributed by atoms with Crippen LogP contribution in [0.4, 0.5) is 11.4 Å². The number of thiophene rings is 2. The van der Waals surface area contributed by atoms with Gasteiger partial charge in [-0.2, -0.15) is 8.61 Å². The van der Waals surface area contributed by atoms with Crippen molar-refractivity contribution in [2.45, 2.75) is 21.5 Å². The predicted molar refractivity (Wildman–Crippen MR) is 251 cm³/mol. The lowest BCUT2D eigenvalue weighted by atomic mass is 10.2. The highest BCUT2D eigenvalue weighted by Gasteiger charge is 2.33. The molecule has 346 valence electrons. The van der Waals surface area contributed by atoms with E-state index in [1.54, 1.807) is 102 Å². The molecule has 2 N–H and O–H groups in total. The Morgan fingerprint density at radius 3 is 1.50 bits per heavy atom. The number of piperazine rings is 2. The van der Waals surface area contributed by atoms with E-state index in [-0.39, 0.29) is 76.9 Å². The van der Waals surface area contributed by atoms with Gasteiger partial charge in [0.05, 0.1) is 24.3 Å². The molecule has 0 atom stereocenters. The number of sulfonamides is 2. The summed E-state index contributed by atoms with van der Waals surface area (Å²) in [6.07, 6.45) is 1.43. The largest absolute Gasteiger partial charge is 0.459 e. The number of nitrogens with zero attached hydrogens (tertiary/aromatic N) is 5. The maximum atomic E-state index is 13.1. The van der Waals surface area contributed by atoms with Gasteiger partial charge in [-0.25, -0.2) is 16.8 Å². The van der Waals surface area contributed by atoms with Crippen LogP contribution in [0.15, 0.2) is 128 Å². The van der Waals surface area contributed by atoms with Crippen molar-refractivity contribution in [3.8, 4) is 0 Å². The van der Waals surface area contributed by atoms with Gasteiger partial charge in [0, 0.05) is 101 Å². The highest BCUT2D eigenvalue weighted by molar-refractivity contribution is 7.91. The number of nitro groups is 1. The van der Waals surface area contributed by atoms with Gasteiger partial charge in [-0.3, -0.25) is 24.5 Å². The molecule has 0 unspecified atom stereocenters. The molecule has 17 nitrogen and oxygen atoms in total. The van der Waals surface area contributed by atoms with Crippen LogP contribution in [-0.2, 0) is 33.1 Å². The Kier molecular flexibility index (Phi) is 15.6. The number of anilines is 1. The van der Waals surface area contributed by atoms with Crippen LogP contribution < -0.4 is 15.5 Å². The number of amides is 3. The van der Waals surface area contributed by atoms with Crippen LogP contribution in [0.25, 0.3) is 0 Å². The zero-order valence-corrected chi connectivity index (χ0v) is 39.5. The summed E-state index contributed by atoms with van der Waals surface area (Å²) < 4.78 is 60.6. The van der Waals surface area contributed by atoms with E-state index in [1.807, 2.05) is 4.90 Å². The Balaban J connectivity index is 0.000000197. The van der Waals surface area contributed by atoms with Crippen molar-refractivity contribution < 1.29 is 40.6 Å². The van der Waals surface area contributed by atoms with Crippen LogP contribution in [0.3, 0.4) is 0 Å². The molecule has 8 rings (SSSR count). The summed E-state index contributed by atoms with van der Waals surface area (Å²) in [5.41, 5.74) is 1.78. The lowest BCUT2D eigenvalue weighted by Gasteiger charge is -2.35. The van der Waals surface area contributed by atoms with E-state index in [9.17, 15) is 41.3 Å². The number of halogens is 2. The summed E-state index contributed by atoms with van der Waals surface area (Å²) in [4.78, 5) is 52.3. The number of rotatable bonds is 13. The Morgan fingerprint density at radius 2 is 1.08 bits per heavy atom. The second-order valence-corrected chi connectivity index (χ2v) is 22.2. The van der Waals surface area contributed by atoms with Gasteiger partial charge in [0.15, 0.2) is 5.76 Å². The third-order valence-corrected chi connectivity index (χ3v) is 17.9. The van der Waals surface area contributed by atoms with Crippen molar-refractivity contribution in [2.75, 3.05) is 57.3 Å². The first-order valence-electron chi connectivity index (χ1n) is 20.2. The van der Waals surface area contributed by atoms with Gasteiger partial charge in [0.1, 0.15) is 8.42 Å². The van der Waals surface area contributed by atoms with E-state index < -0.39 is 25.0 Å². The minimum absolute atomic E-state index is 0.0165. The van der Waals surface area contributed by atoms with Crippen molar-refractivity contribution in [1.29, 1.82) is 0 Å². The minimum Gasteiger partial charge on any atom is -0.459 e. The number of nitrogens with one attached hydrogen (secondary N) is 2. The first-order valence-corrected chi connectivity index (χ1v) is 25.4. The lowest BCUT2D eigenvalue weighted by Crippen LogP contribution is -2.50. The van der Waals surface area contributed by atoms with Crippen molar-refractivity contribution >= 4 is 95.0 Å². The standard InChI is InChI=1S/C22H21ClN4O5S2.C21H20ClN3O5S2/c23-17-3-1-16(2-4-17)22(28)24-15-20-9-10-21(33-20)34(31,32)26-13-11-25(12-14-26)18-5-7-19(8-6-18)27(29)30;22-16-5-3-15(4-6-16)20(26)23-14-17-7-8-19(31-17)32(28,29)25-11-9-24(10-12-25)21(27)18-2-1-13-30-18/h1-10H,11-15H2,(H,24,28);1-8,13H,9-12,14H2,(H,23,26).